The Bertz CT molecular complexity index is 586. The summed E-state index contributed by atoms with van der Waals surface area (Å²) in [5.74, 6) is -0.661. The van der Waals surface area contributed by atoms with Crippen LogP contribution in [0.5, 0.6) is 5.75 Å². The van der Waals surface area contributed by atoms with E-state index in [-0.39, 0.29) is 13.0 Å². The molecule has 0 saturated heterocycles. The van der Waals surface area contributed by atoms with Crippen molar-refractivity contribution < 1.29 is 23.1 Å². The number of nitrogens with zero attached hydrogens (tertiary/aromatic N) is 1. The number of hydrogen-bond acceptors (Lipinski definition) is 4. The lowest BCUT2D eigenvalue weighted by Gasteiger charge is -2.19. The van der Waals surface area contributed by atoms with Crippen molar-refractivity contribution >= 4 is 21.9 Å². The van der Waals surface area contributed by atoms with Gasteiger partial charge in [-0.25, -0.2) is 0 Å². The molecule has 0 unspecified atom stereocenters. The Morgan fingerprint density at radius 1 is 1.45 bits per heavy atom. The highest BCUT2D eigenvalue weighted by Gasteiger charge is 2.20. The van der Waals surface area contributed by atoms with Gasteiger partial charge in [-0.05, 0) is 24.6 Å². The summed E-state index contributed by atoms with van der Waals surface area (Å²) in [6, 6.07) is 5.09. The van der Waals surface area contributed by atoms with E-state index in [1.165, 1.54) is 14.2 Å². The van der Waals surface area contributed by atoms with E-state index in [4.69, 9.17) is 9.84 Å². The predicted octanol–water partition coefficient (Wildman–Crippen LogP) is 1.07. The van der Waals surface area contributed by atoms with Crippen LogP contribution >= 0.6 is 0 Å². The summed E-state index contributed by atoms with van der Waals surface area (Å²) in [5.41, 5.74) is 1.19. The summed E-state index contributed by atoms with van der Waals surface area (Å²) in [6.45, 7) is 1.71. The fourth-order valence-electron chi connectivity index (χ4n) is 1.49. The van der Waals surface area contributed by atoms with Gasteiger partial charge in [-0.2, -0.15) is 12.7 Å². The molecule has 0 heterocycles. The number of hydrogen-bond donors (Lipinski definition) is 2. The molecule has 1 aromatic rings. The van der Waals surface area contributed by atoms with E-state index >= 15 is 0 Å². The van der Waals surface area contributed by atoms with Crippen LogP contribution in [0.1, 0.15) is 12.0 Å². The molecule has 0 amide bonds. The third kappa shape index (κ3) is 4.39. The van der Waals surface area contributed by atoms with Gasteiger partial charge in [0.25, 0.3) is 0 Å². The number of nitrogens with one attached hydrogen (secondary N) is 1. The number of benzene rings is 1. The van der Waals surface area contributed by atoms with Gasteiger partial charge in [0.15, 0.2) is 0 Å². The van der Waals surface area contributed by atoms with Crippen molar-refractivity contribution in [1.29, 1.82) is 0 Å². The first-order valence-electron chi connectivity index (χ1n) is 5.87. The number of methoxy groups -OCH3 is 1. The predicted molar refractivity (Wildman–Crippen MR) is 75.2 cm³/mol. The van der Waals surface area contributed by atoms with Crippen LogP contribution in [0.4, 0.5) is 5.69 Å². The molecule has 1 rings (SSSR count). The molecule has 2 N–H and O–H groups in total. The fraction of sp³-hybridized carbons (Fsp3) is 0.417. The van der Waals surface area contributed by atoms with E-state index < -0.39 is 16.2 Å². The molecule has 1 aromatic carbocycles. The van der Waals surface area contributed by atoms with Gasteiger partial charge in [0, 0.05) is 13.6 Å². The highest BCUT2D eigenvalue weighted by Crippen LogP contribution is 2.26. The molecule has 8 heteroatoms. The maximum absolute atomic E-state index is 12.1. The lowest BCUT2D eigenvalue weighted by molar-refractivity contribution is -0.137. The number of aliphatic carboxylic acids is 1. The number of anilines is 1. The standard InChI is InChI=1S/C12H18N2O5S/c1-9-4-5-11(19-3)10(8-9)13-20(17,18)14(2)7-6-12(15)16/h4-5,8,13H,6-7H2,1-3H3,(H,15,16). The van der Waals surface area contributed by atoms with Gasteiger partial charge in [-0.15, -0.1) is 0 Å². The number of rotatable bonds is 7. The summed E-state index contributed by atoms with van der Waals surface area (Å²) < 4.78 is 32.5. The number of carboxylic acids is 1. The van der Waals surface area contributed by atoms with Crippen molar-refractivity contribution in [2.24, 2.45) is 0 Å². The Kier molecular flexibility index (Phi) is 5.34. The van der Waals surface area contributed by atoms with Gasteiger partial charge in [0.1, 0.15) is 5.75 Å². The molecule has 0 bridgehead atoms. The van der Waals surface area contributed by atoms with Gasteiger partial charge < -0.3 is 9.84 Å². The van der Waals surface area contributed by atoms with E-state index in [2.05, 4.69) is 4.72 Å². The van der Waals surface area contributed by atoms with Crippen LogP contribution in [-0.4, -0.2) is 44.5 Å². The maximum atomic E-state index is 12.1. The molecule has 0 aliphatic carbocycles. The lowest BCUT2D eigenvalue weighted by Crippen LogP contribution is -2.34. The zero-order valence-corrected chi connectivity index (χ0v) is 12.4. The third-order valence-electron chi connectivity index (χ3n) is 2.64. The van der Waals surface area contributed by atoms with Gasteiger partial charge in [0.05, 0.1) is 19.2 Å². The Morgan fingerprint density at radius 3 is 2.65 bits per heavy atom. The zero-order valence-electron chi connectivity index (χ0n) is 11.6. The monoisotopic (exact) mass is 302 g/mol. The molecule has 0 atom stereocenters. The SMILES string of the molecule is COc1ccc(C)cc1NS(=O)(=O)N(C)CCC(=O)O. The molecule has 0 aliphatic rings. The van der Waals surface area contributed by atoms with Crippen molar-refractivity contribution in [2.45, 2.75) is 13.3 Å². The normalized spacial score (nSPS) is 11.4. The average molecular weight is 302 g/mol. The largest absolute Gasteiger partial charge is 0.495 e. The van der Waals surface area contributed by atoms with Crippen molar-refractivity contribution in [3.63, 3.8) is 0 Å². The smallest absolute Gasteiger partial charge is 0.304 e. The van der Waals surface area contributed by atoms with Crippen molar-refractivity contribution in [2.75, 3.05) is 25.4 Å². The van der Waals surface area contributed by atoms with Crippen molar-refractivity contribution in [1.82, 2.24) is 4.31 Å². The summed E-state index contributed by atoms with van der Waals surface area (Å²) in [5, 5.41) is 8.57. The molecule has 0 spiro atoms. The fourth-order valence-corrected chi connectivity index (χ4v) is 2.42. The first-order valence-corrected chi connectivity index (χ1v) is 7.31. The van der Waals surface area contributed by atoms with E-state index in [1.807, 2.05) is 6.92 Å². The summed E-state index contributed by atoms with van der Waals surface area (Å²) in [4.78, 5) is 10.5. The van der Waals surface area contributed by atoms with Crippen LogP contribution < -0.4 is 9.46 Å². The Hall–Kier alpha value is -1.80. The average Bonchev–Trinajstić information content (AvgIpc) is 2.35. The highest BCUT2D eigenvalue weighted by molar-refractivity contribution is 7.90. The second-order valence-electron chi connectivity index (χ2n) is 4.28. The van der Waals surface area contributed by atoms with Gasteiger partial charge >= 0.3 is 16.2 Å². The van der Waals surface area contributed by atoms with Crippen LogP contribution in [0.3, 0.4) is 0 Å². The quantitative estimate of drug-likeness (QED) is 0.785. The minimum atomic E-state index is -3.82. The van der Waals surface area contributed by atoms with E-state index in [0.29, 0.717) is 11.4 Å². The molecule has 0 aliphatic heterocycles. The van der Waals surface area contributed by atoms with E-state index in [1.54, 1.807) is 18.2 Å². The van der Waals surface area contributed by atoms with Gasteiger partial charge in [-0.3, -0.25) is 9.52 Å². The van der Waals surface area contributed by atoms with Crippen LogP contribution in [0.25, 0.3) is 0 Å². The number of ether oxygens (including phenoxy) is 1. The van der Waals surface area contributed by atoms with Crippen LogP contribution in [-0.2, 0) is 15.0 Å². The molecular weight excluding hydrogens is 284 g/mol. The van der Waals surface area contributed by atoms with Crippen LogP contribution in [0.15, 0.2) is 18.2 Å². The minimum absolute atomic E-state index is 0.112. The number of carbonyl (C=O) groups is 1. The minimum Gasteiger partial charge on any atom is -0.495 e. The molecular formula is C12H18N2O5S. The van der Waals surface area contributed by atoms with Gasteiger partial charge in [0.2, 0.25) is 0 Å². The number of carboxylic acid groups (broad SMARTS) is 1. The topological polar surface area (TPSA) is 95.9 Å². The van der Waals surface area contributed by atoms with Crippen LogP contribution in [0, 0.1) is 6.92 Å². The molecule has 7 nitrogen and oxygen atoms in total. The Morgan fingerprint density at radius 2 is 2.10 bits per heavy atom. The molecule has 112 valence electrons. The summed E-state index contributed by atoms with van der Waals surface area (Å²) in [7, 11) is -1.06. The van der Waals surface area contributed by atoms with Crippen LogP contribution in [0.2, 0.25) is 0 Å². The Balaban J connectivity index is 2.90. The van der Waals surface area contributed by atoms with Gasteiger partial charge in [-0.1, -0.05) is 6.07 Å². The molecule has 0 radical (unpaired) electrons. The molecule has 0 aromatic heterocycles. The Labute approximate surface area is 118 Å². The zero-order chi connectivity index (χ0) is 15.3. The van der Waals surface area contributed by atoms with Crippen molar-refractivity contribution in [3.05, 3.63) is 23.8 Å². The first-order chi connectivity index (χ1) is 9.26. The molecule has 0 fully saturated rings. The second-order valence-corrected chi connectivity index (χ2v) is 6.05. The number of aryl methyl sites for hydroxylation is 1. The van der Waals surface area contributed by atoms with E-state index in [0.717, 1.165) is 9.87 Å². The molecule has 20 heavy (non-hydrogen) atoms. The first kappa shape index (κ1) is 16.3. The third-order valence-corrected chi connectivity index (χ3v) is 4.13. The maximum Gasteiger partial charge on any atom is 0.304 e. The van der Waals surface area contributed by atoms with Crippen molar-refractivity contribution in [3.8, 4) is 5.75 Å². The summed E-state index contributed by atoms with van der Waals surface area (Å²) >= 11 is 0. The second kappa shape index (κ2) is 6.58. The highest BCUT2D eigenvalue weighted by atomic mass is 32.2. The lowest BCUT2D eigenvalue weighted by atomic mass is 10.2. The van der Waals surface area contributed by atoms with E-state index in [9.17, 15) is 13.2 Å². The molecule has 0 saturated carbocycles. The summed E-state index contributed by atoms with van der Waals surface area (Å²) in [6.07, 6.45) is -0.262.